The van der Waals surface area contributed by atoms with Crippen molar-refractivity contribution in [1.82, 2.24) is 20.3 Å². The third kappa shape index (κ3) is 4.62. The van der Waals surface area contributed by atoms with E-state index in [9.17, 15) is 13.2 Å². The van der Waals surface area contributed by atoms with Crippen LogP contribution in [0.15, 0.2) is 56.6 Å². The second-order valence-electron chi connectivity index (χ2n) is 6.04. The van der Waals surface area contributed by atoms with Crippen molar-refractivity contribution in [1.29, 1.82) is 0 Å². The summed E-state index contributed by atoms with van der Waals surface area (Å²) in [5.41, 5.74) is 1.59. The molecule has 0 fully saturated rings. The smallest absolute Gasteiger partial charge is 0.387 e. The Morgan fingerprint density at radius 2 is 1.83 bits per heavy atom. The molecular weight excluding hydrogens is 421 g/mol. The van der Waals surface area contributed by atoms with Gasteiger partial charge in [-0.3, -0.25) is 0 Å². The van der Waals surface area contributed by atoms with E-state index in [0.717, 1.165) is 0 Å². The molecule has 0 radical (unpaired) electrons. The SMILES string of the molecule is Cc1ccc(-c2noc(CSc3nnc(-c4ccc(OC(F)F)cc4)o3)n2)cc1F. The monoisotopic (exact) mass is 434 g/mol. The summed E-state index contributed by atoms with van der Waals surface area (Å²) in [6.45, 7) is -1.22. The molecule has 0 N–H and O–H groups in total. The van der Waals surface area contributed by atoms with Gasteiger partial charge in [-0.2, -0.15) is 13.8 Å². The van der Waals surface area contributed by atoms with E-state index in [2.05, 4.69) is 25.1 Å². The zero-order valence-electron chi connectivity index (χ0n) is 15.4. The molecule has 0 bridgehead atoms. The van der Waals surface area contributed by atoms with Crippen molar-refractivity contribution in [2.45, 2.75) is 24.5 Å². The molecule has 0 unspecified atom stereocenters. The summed E-state index contributed by atoms with van der Waals surface area (Å²) in [5, 5.41) is 12.0. The summed E-state index contributed by atoms with van der Waals surface area (Å²) in [6.07, 6.45) is 0. The van der Waals surface area contributed by atoms with Crippen molar-refractivity contribution in [3.8, 4) is 28.6 Å². The Balaban J connectivity index is 1.39. The normalized spacial score (nSPS) is 11.2. The summed E-state index contributed by atoms with van der Waals surface area (Å²) < 4.78 is 53.1. The van der Waals surface area contributed by atoms with Crippen LogP contribution in [0, 0.1) is 12.7 Å². The van der Waals surface area contributed by atoms with Gasteiger partial charge in [0.2, 0.25) is 17.6 Å². The second kappa shape index (κ2) is 8.57. The predicted octanol–water partition coefficient (Wildman–Crippen LogP) is 5.13. The number of benzene rings is 2. The molecule has 0 saturated carbocycles. The lowest BCUT2D eigenvalue weighted by molar-refractivity contribution is -0.0498. The third-order valence-electron chi connectivity index (χ3n) is 3.95. The maximum atomic E-state index is 13.7. The van der Waals surface area contributed by atoms with Gasteiger partial charge in [0.05, 0.1) is 5.75 Å². The number of nitrogens with zero attached hydrogens (tertiary/aromatic N) is 4. The van der Waals surface area contributed by atoms with Gasteiger partial charge in [-0.1, -0.05) is 29.1 Å². The van der Waals surface area contributed by atoms with E-state index in [1.54, 1.807) is 19.1 Å². The third-order valence-corrected chi connectivity index (χ3v) is 4.75. The summed E-state index contributed by atoms with van der Waals surface area (Å²) >= 11 is 1.18. The van der Waals surface area contributed by atoms with Gasteiger partial charge in [-0.15, -0.1) is 10.2 Å². The van der Waals surface area contributed by atoms with Crippen LogP contribution in [-0.2, 0) is 5.75 Å². The van der Waals surface area contributed by atoms with Crippen LogP contribution in [0.1, 0.15) is 11.5 Å². The summed E-state index contributed by atoms with van der Waals surface area (Å²) in [7, 11) is 0. The Morgan fingerprint density at radius 1 is 1.07 bits per heavy atom. The lowest BCUT2D eigenvalue weighted by Gasteiger charge is -2.03. The van der Waals surface area contributed by atoms with E-state index in [0.29, 0.717) is 22.6 Å². The minimum absolute atomic E-state index is 0.0310. The van der Waals surface area contributed by atoms with Crippen molar-refractivity contribution in [2.75, 3.05) is 0 Å². The van der Waals surface area contributed by atoms with Gasteiger partial charge in [0.15, 0.2) is 0 Å². The standard InChI is InChI=1S/C19H13F3N4O3S/c1-10-2-3-12(8-14(10)20)16-23-15(29-26-16)9-30-19-25-24-17(28-19)11-4-6-13(7-5-11)27-18(21)22/h2-8,18H,9H2,1H3. The van der Waals surface area contributed by atoms with E-state index in [1.165, 1.54) is 42.1 Å². The molecule has 30 heavy (non-hydrogen) atoms. The first-order valence-corrected chi connectivity index (χ1v) is 9.57. The predicted molar refractivity (Wildman–Crippen MR) is 100 cm³/mol. The maximum absolute atomic E-state index is 13.7. The van der Waals surface area contributed by atoms with Gasteiger partial charge < -0.3 is 13.7 Å². The number of ether oxygens (including phenoxy) is 1. The molecular formula is C19H13F3N4O3S. The topological polar surface area (TPSA) is 87.1 Å². The van der Waals surface area contributed by atoms with E-state index < -0.39 is 6.61 Å². The number of aromatic nitrogens is 4. The number of alkyl halides is 2. The molecule has 4 rings (SSSR count). The summed E-state index contributed by atoms with van der Waals surface area (Å²) in [6, 6.07) is 10.5. The maximum Gasteiger partial charge on any atom is 0.387 e. The highest BCUT2D eigenvalue weighted by Gasteiger charge is 2.14. The molecule has 7 nitrogen and oxygen atoms in total. The minimum Gasteiger partial charge on any atom is -0.435 e. The van der Waals surface area contributed by atoms with Crippen LogP contribution in [0.25, 0.3) is 22.8 Å². The van der Waals surface area contributed by atoms with E-state index in [-0.39, 0.29) is 34.3 Å². The van der Waals surface area contributed by atoms with Crippen molar-refractivity contribution in [3.63, 3.8) is 0 Å². The fourth-order valence-corrected chi connectivity index (χ4v) is 3.05. The molecule has 0 aliphatic heterocycles. The van der Waals surface area contributed by atoms with Gasteiger partial charge in [0.25, 0.3) is 5.22 Å². The summed E-state index contributed by atoms with van der Waals surface area (Å²) in [4.78, 5) is 4.23. The quantitative estimate of drug-likeness (QED) is 0.370. The zero-order chi connectivity index (χ0) is 21.1. The highest BCUT2D eigenvalue weighted by Crippen LogP contribution is 2.27. The molecule has 2 aromatic carbocycles. The van der Waals surface area contributed by atoms with Crippen LogP contribution in [0.3, 0.4) is 0 Å². The first-order chi connectivity index (χ1) is 14.5. The van der Waals surface area contributed by atoms with Crippen molar-refractivity contribution >= 4 is 11.8 Å². The van der Waals surface area contributed by atoms with Crippen LogP contribution in [-0.4, -0.2) is 26.9 Å². The number of halogens is 3. The summed E-state index contributed by atoms with van der Waals surface area (Å²) in [5.74, 6) is 0.766. The largest absolute Gasteiger partial charge is 0.435 e. The Hall–Kier alpha value is -3.34. The molecule has 4 aromatic rings. The number of hydrogen-bond donors (Lipinski definition) is 0. The molecule has 2 aromatic heterocycles. The van der Waals surface area contributed by atoms with Gasteiger partial charge in [-0.05, 0) is 42.8 Å². The Kier molecular flexibility index (Phi) is 5.70. The van der Waals surface area contributed by atoms with Crippen LogP contribution in [0.5, 0.6) is 5.75 Å². The van der Waals surface area contributed by atoms with E-state index in [4.69, 9.17) is 8.94 Å². The number of aryl methyl sites for hydroxylation is 1. The Bertz CT molecular complexity index is 1150. The molecule has 11 heteroatoms. The van der Waals surface area contributed by atoms with Gasteiger partial charge >= 0.3 is 6.61 Å². The molecule has 0 aliphatic carbocycles. The average Bonchev–Trinajstić information content (AvgIpc) is 3.38. The first-order valence-electron chi connectivity index (χ1n) is 8.58. The highest BCUT2D eigenvalue weighted by molar-refractivity contribution is 7.98. The van der Waals surface area contributed by atoms with Crippen LogP contribution in [0.4, 0.5) is 13.2 Å². The van der Waals surface area contributed by atoms with Crippen LogP contribution >= 0.6 is 11.8 Å². The fraction of sp³-hybridized carbons (Fsp3) is 0.158. The van der Waals surface area contributed by atoms with Crippen LogP contribution in [0.2, 0.25) is 0 Å². The fourth-order valence-electron chi connectivity index (χ4n) is 2.45. The number of hydrogen-bond acceptors (Lipinski definition) is 8. The molecule has 0 atom stereocenters. The minimum atomic E-state index is -2.89. The highest BCUT2D eigenvalue weighted by atomic mass is 32.2. The molecule has 154 valence electrons. The molecule has 0 saturated heterocycles. The van der Waals surface area contributed by atoms with Crippen molar-refractivity contribution < 1.29 is 26.8 Å². The Labute approximate surface area is 172 Å². The van der Waals surface area contributed by atoms with Gasteiger partial charge in [0, 0.05) is 11.1 Å². The van der Waals surface area contributed by atoms with Gasteiger partial charge in [-0.25, -0.2) is 4.39 Å². The second-order valence-corrected chi connectivity index (χ2v) is 6.97. The number of thioether (sulfide) groups is 1. The lowest BCUT2D eigenvalue weighted by atomic mass is 10.1. The average molecular weight is 434 g/mol. The molecule has 0 amide bonds. The molecule has 0 aliphatic rings. The van der Waals surface area contributed by atoms with Crippen LogP contribution < -0.4 is 4.74 Å². The zero-order valence-corrected chi connectivity index (χ0v) is 16.2. The lowest BCUT2D eigenvalue weighted by Crippen LogP contribution is -2.01. The molecule has 2 heterocycles. The van der Waals surface area contributed by atoms with Gasteiger partial charge in [0.1, 0.15) is 11.6 Å². The first kappa shape index (κ1) is 20.0. The number of rotatable bonds is 7. The van der Waals surface area contributed by atoms with E-state index >= 15 is 0 Å². The van der Waals surface area contributed by atoms with Crippen molar-refractivity contribution in [2.24, 2.45) is 0 Å². The van der Waals surface area contributed by atoms with Crippen molar-refractivity contribution in [3.05, 3.63) is 59.7 Å². The van der Waals surface area contributed by atoms with E-state index in [1.807, 2.05) is 0 Å². The Morgan fingerprint density at radius 3 is 2.57 bits per heavy atom. The molecule has 0 spiro atoms.